The molecule has 1 atom stereocenters. The average Bonchev–Trinajstić information content (AvgIpc) is 2.67. The molecule has 3 rings (SSSR count). The van der Waals surface area contributed by atoms with E-state index in [1.807, 2.05) is 4.90 Å². The summed E-state index contributed by atoms with van der Waals surface area (Å²) in [7, 11) is -3.59. The number of sulfonamides is 1. The highest BCUT2D eigenvalue weighted by atomic mass is 32.2. The van der Waals surface area contributed by atoms with Crippen LogP contribution in [0.25, 0.3) is 0 Å². The summed E-state index contributed by atoms with van der Waals surface area (Å²) in [6, 6.07) is 6.06. The minimum Gasteiger partial charge on any atom is -0.342 e. The number of ketones is 1. The van der Waals surface area contributed by atoms with Crippen molar-refractivity contribution in [2.45, 2.75) is 44.4 Å². The maximum atomic E-state index is 12.8. The van der Waals surface area contributed by atoms with Crippen LogP contribution in [-0.4, -0.2) is 55.5 Å². The van der Waals surface area contributed by atoms with Gasteiger partial charge in [-0.05, 0) is 50.7 Å². The molecule has 1 amide bonds. The van der Waals surface area contributed by atoms with E-state index in [0.717, 1.165) is 19.5 Å². The van der Waals surface area contributed by atoms with Gasteiger partial charge in [-0.25, -0.2) is 8.42 Å². The minimum absolute atomic E-state index is 0.0816. The fourth-order valence-electron chi connectivity index (χ4n) is 4.00. The molecule has 2 heterocycles. The Hall–Kier alpha value is -1.73. The molecule has 2 fully saturated rings. The first-order valence-corrected chi connectivity index (χ1v) is 11.1. The van der Waals surface area contributed by atoms with E-state index < -0.39 is 10.0 Å². The number of hydrogen-bond donors (Lipinski definition) is 0. The lowest BCUT2D eigenvalue weighted by Crippen LogP contribution is -2.46. The van der Waals surface area contributed by atoms with Gasteiger partial charge >= 0.3 is 0 Å². The van der Waals surface area contributed by atoms with Crippen molar-refractivity contribution in [1.29, 1.82) is 0 Å². The van der Waals surface area contributed by atoms with Crippen molar-refractivity contribution >= 4 is 21.7 Å². The normalized spacial score (nSPS) is 22.6. The fourth-order valence-corrected chi connectivity index (χ4v) is 5.47. The Balaban J connectivity index is 1.62. The number of amides is 1. The Morgan fingerprint density at radius 3 is 2.19 bits per heavy atom. The number of carbonyl (C=O) groups is 2. The van der Waals surface area contributed by atoms with E-state index in [1.54, 1.807) is 12.1 Å². The molecule has 2 saturated heterocycles. The number of nitrogens with zero attached hydrogens (tertiary/aromatic N) is 2. The van der Waals surface area contributed by atoms with Crippen molar-refractivity contribution in [3.63, 3.8) is 0 Å². The van der Waals surface area contributed by atoms with Crippen LogP contribution in [0, 0.1) is 11.8 Å². The zero-order valence-electron chi connectivity index (χ0n) is 16.1. The molecule has 0 bridgehead atoms. The first-order valence-electron chi connectivity index (χ1n) is 9.69. The van der Waals surface area contributed by atoms with Crippen LogP contribution in [0.4, 0.5) is 0 Å². The smallest absolute Gasteiger partial charge is 0.243 e. The highest BCUT2D eigenvalue weighted by molar-refractivity contribution is 7.89. The van der Waals surface area contributed by atoms with Gasteiger partial charge in [-0.1, -0.05) is 19.1 Å². The second-order valence-electron chi connectivity index (χ2n) is 7.79. The van der Waals surface area contributed by atoms with E-state index >= 15 is 0 Å². The molecule has 0 radical (unpaired) electrons. The molecule has 0 saturated carbocycles. The Labute approximate surface area is 161 Å². The highest BCUT2D eigenvalue weighted by Crippen LogP contribution is 2.27. The number of hydrogen-bond acceptors (Lipinski definition) is 4. The van der Waals surface area contributed by atoms with Gasteiger partial charge in [0.1, 0.15) is 0 Å². The quantitative estimate of drug-likeness (QED) is 0.738. The SMILES string of the molecule is CC(=O)c1ccc(S(=O)(=O)N2CCC(C(=O)N3CCCC(C)C3)CC2)cc1. The summed E-state index contributed by atoms with van der Waals surface area (Å²) in [5, 5.41) is 0. The molecule has 148 valence electrons. The number of benzene rings is 1. The largest absolute Gasteiger partial charge is 0.342 e. The van der Waals surface area contributed by atoms with Gasteiger partial charge in [0.05, 0.1) is 4.90 Å². The monoisotopic (exact) mass is 392 g/mol. The maximum absolute atomic E-state index is 12.8. The molecule has 2 aliphatic rings. The second kappa shape index (κ2) is 8.10. The van der Waals surface area contributed by atoms with Crippen molar-refractivity contribution in [3.8, 4) is 0 Å². The molecule has 0 spiro atoms. The second-order valence-corrected chi connectivity index (χ2v) is 9.73. The summed E-state index contributed by atoms with van der Waals surface area (Å²) in [5.41, 5.74) is 0.494. The average molecular weight is 393 g/mol. The number of likely N-dealkylation sites (tertiary alicyclic amines) is 1. The van der Waals surface area contributed by atoms with E-state index in [2.05, 4.69) is 6.92 Å². The Kier molecular flexibility index (Phi) is 6.01. The van der Waals surface area contributed by atoms with E-state index in [9.17, 15) is 18.0 Å². The number of carbonyl (C=O) groups excluding carboxylic acids is 2. The van der Waals surface area contributed by atoms with Crippen molar-refractivity contribution < 1.29 is 18.0 Å². The number of rotatable bonds is 4. The number of piperidine rings is 2. The Bertz CT molecular complexity index is 796. The zero-order valence-corrected chi connectivity index (χ0v) is 16.9. The third-order valence-electron chi connectivity index (χ3n) is 5.67. The first-order chi connectivity index (χ1) is 12.8. The van der Waals surface area contributed by atoms with E-state index in [1.165, 1.54) is 29.8 Å². The Morgan fingerprint density at radius 2 is 1.63 bits per heavy atom. The van der Waals surface area contributed by atoms with Gasteiger partial charge < -0.3 is 4.90 Å². The summed E-state index contributed by atoms with van der Waals surface area (Å²) in [4.78, 5) is 26.3. The molecule has 27 heavy (non-hydrogen) atoms. The maximum Gasteiger partial charge on any atom is 0.243 e. The van der Waals surface area contributed by atoms with Gasteiger partial charge in [0.25, 0.3) is 0 Å². The predicted molar refractivity (Wildman–Crippen MR) is 103 cm³/mol. The summed E-state index contributed by atoms with van der Waals surface area (Å²) in [6.07, 6.45) is 3.35. The Morgan fingerprint density at radius 1 is 1.00 bits per heavy atom. The lowest BCUT2D eigenvalue weighted by molar-refractivity contribution is -0.138. The van der Waals surface area contributed by atoms with Crippen LogP contribution in [0.3, 0.4) is 0 Å². The molecular formula is C20H28N2O4S. The molecule has 0 N–H and O–H groups in total. The molecular weight excluding hydrogens is 364 g/mol. The van der Waals surface area contributed by atoms with Crippen LogP contribution >= 0.6 is 0 Å². The van der Waals surface area contributed by atoms with Gasteiger partial charge in [-0.15, -0.1) is 0 Å². The summed E-state index contributed by atoms with van der Waals surface area (Å²) >= 11 is 0. The van der Waals surface area contributed by atoms with Crippen LogP contribution in [0.2, 0.25) is 0 Å². The van der Waals surface area contributed by atoms with Gasteiger partial charge in [-0.3, -0.25) is 9.59 Å². The molecule has 6 nitrogen and oxygen atoms in total. The van der Waals surface area contributed by atoms with Crippen molar-refractivity contribution in [3.05, 3.63) is 29.8 Å². The van der Waals surface area contributed by atoms with Crippen LogP contribution in [0.5, 0.6) is 0 Å². The third kappa shape index (κ3) is 4.41. The molecule has 0 aliphatic carbocycles. The first kappa shape index (κ1) is 20.0. The van der Waals surface area contributed by atoms with Gasteiger partial charge in [-0.2, -0.15) is 4.31 Å². The van der Waals surface area contributed by atoms with E-state index in [0.29, 0.717) is 37.4 Å². The standard InChI is InChI=1S/C20H28N2O4S/c1-15-4-3-11-21(14-15)20(24)18-9-12-22(13-10-18)27(25,26)19-7-5-17(6-8-19)16(2)23/h5-8,15,18H,3-4,9-14H2,1-2H3. The lowest BCUT2D eigenvalue weighted by Gasteiger charge is -2.36. The van der Waals surface area contributed by atoms with E-state index in [-0.39, 0.29) is 22.5 Å². The topological polar surface area (TPSA) is 74.8 Å². The van der Waals surface area contributed by atoms with Crippen molar-refractivity contribution in [2.75, 3.05) is 26.2 Å². The molecule has 1 aromatic rings. The van der Waals surface area contributed by atoms with Crippen molar-refractivity contribution in [2.24, 2.45) is 11.8 Å². The summed E-state index contributed by atoms with van der Waals surface area (Å²) < 4.78 is 27.1. The molecule has 7 heteroatoms. The summed E-state index contributed by atoms with van der Waals surface area (Å²) in [5.74, 6) is 0.553. The summed E-state index contributed by atoms with van der Waals surface area (Å²) in [6.45, 7) is 5.98. The van der Waals surface area contributed by atoms with Gasteiger partial charge in [0.15, 0.2) is 5.78 Å². The van der Waals surface area contributed by atoms with Gasteiger partial charge in [0, 0.05) is 37.7 Å². The molecule has 0 aromatic heterocycles. The zero-order chi connectivity index (χ0) is 19.6. The molecule has 2 aliphatic heterocycles. The molecule has 1 unspecified atom stereocenters. The van der Waals surface area contributed by atoms with Gasteiger partial charge in [0.2, 0.25) is 15.9 Å². The lowest BCUT2D eigenvalue weighted by atomic mass is 9.93. The van der Waals surface area contributed by atoms with Crippen LogP contribution < -0.4 is 0 Å². The van der Waals surface area contributed by atoms with E-state index in [4.69, 9.17) is 0 Å². The van der Waals surface area contributed by atoms with Crippen LogP contribution in [0.15, 0.2) is 29.2 Å². The van der Waals surface area contributed by atoms with Crippen molar-refractivity contribution in [1.82, 2.24) is 9.21 Å². The fraction of sp³-hybridized carbons (Fsp3) is 0.600. The highest BCUT2D eigenvalue weighted by Gasteiger charge is 2.34. The number of Topliss-reactive ketones (excluding diaryl/α,β-unsaturated/α-hetero) is 1. The molecule has 1 aromatic carbocycles. The van der Waals surface area contributed by atoms with Crippen LogP contribution in [-0.2, 0) is 14.8 Å². The predicted octanol–water partition coefficient (Wildman–Crippen LogP) is 2.55. The minimum atomic E-state index is -3.59. The third-order valence-corrected chi connectivity index (χ3v) is 7.58. The van der Waals surface area contributed by atoms with Crippen LogP contribution in [0.1, 0.15) is 49.9 Å².